The Kier molecular flexibility index (Phi) is 3.57. The van der Waals surface area contributed by atoms with Crippen molar-refractivity contribution in [2.45, 2.75) is 6.92 Å². The third kappa shape index (κ3) is 2.54. The highest BCUT2D eigenvalue weighted by Gasteiger charge is 2.28. The zero-order chi connectivity index (χ0) is 16.6. The fourth-order valence-corrected chi connectivity index (χ4v) is 2.33. The summed E-state index contributed by atoms with van der Waals surface area (Å²) in [7, 11) is 1.77. The molecule has 118 valence electrons. The molecule has 0 N–H and O–H groups in total. The van der Waals surface area contributed by atoms with Crippen LogP contribution in [0.4, 0.5) is 5.69 Å². The van der Waals surface area contributed by atoms with E-state index in [1.807, 2.05) is 0 Å². The van der Waals surface area contributed by atoms with Gasteiger partial charge in [0.05, 0.1) is 22.6 Å². The van der Waals surface area contributed by atoms with Gasteiger partial charge < -0.3 is 4.90 Å². The minimum atomic E-state index is -0.489. The number of fused-ring (bicyclic) bond motifs is 1. The SMILES string of the molecule is CC1=C(OOc2ccc([N+](=O)[O-])c3cccnc23)C(=O)CN1C. The number of nitro benzene ring substituents is 1. The van der Waals surface area contributed by atoms with Gasteiger partial charge in [0.2, 0.25) is 17.3 Å². The molecule has 0 saturated carbocycles. The van der Waals surface area contributed by atoms with E-state index < -0.39 is 4.92 Å². The second kappa shape index (κ2) is 5.56. The van der Waals surface area contributed by atoms with Crippen molar-refractivity contribution in [3.05, 3.63) is 52.0 Å². The number of carbonyl (C=O) groups is 1. The lowest BCUT2D eigenvalue weighted by Crippen LogP contribution is -2.15. The number of nitrogens with zero attached hydrogens (tertiary/aromatic N) is 3. The molecule has 0 aliphatic carbocycles. The van der Waals surface area contributed by atoms with Gasteiger partial charge >= 0.3 is 0 Å². The summed E-state index contributed by atoms with van der Waals surface area (Å²) in [5.74, 6) is 0.132. The summed E-state index contributed by atoms with van der Waals surface area (Å²) in [6.07, 6.45) is 1.50. The van der Waals surface area contributed by atoms with E-state index in [-0.39, 0.29) is 29.5 Å². The number of pyridine rings is 1. The second-order valence-electron chi connectivity index (χ2n) is 5.10. The molecule has 2 aromatic rings. The fraction of sp³-hybridized carbons (Fsp3) is 0.200. The number of hydrogen-bond acceptors (Lipinski definition) is 7. The highest BCUT2D eigenvalue weighted by molar-refractivity contribution is 5.98. The normalized spacial score (nSPS) is 14.5. The Morgan fingerprint density at radius 2 is 2.09 bits per heavy atom. The Morgan fingerprint density at radius 3 is 2.74 bits per heavy atom. The highest BCUT2D eigenvalue weighted by Crippen LogP contribution is 2.32. The van der Waals surface area contributed by atoms with Crippen molar-refractivity contribution >= 4 is 22.4 Å². The molecule has 8 heteroatoms. The van der Waals surface area contributed by atoms with Crippen LogP contribution in [-0.2, 0) is 9.68 Å². The molecule has 1 aromatic carbocycles. The molecule has 0 radical (unpaired) electrons. The number of aromatic nitrogens is 1. The molecule has 0 bridgehead atoms. The van der Waals surface area contributed by atoms with Gasteiger partial charge in [0, 0.05) is 19.3 Å². The molecule has 0 amide bonds. The Labute approximate surface area is 131 Å². The summed E-state index contributed by atoms with van der Waals surface area (Å²) in [6, 6.07) is 5.88. The van der Waals surface area contributed by atoms with Crippen LogP contribution in [-0.4, -0.2) is 34.2 Å². The van der Waals surface area contributed by atoms with Gasteiger partial charge in [0.1, 0.15) is 5.52 Å². The van der Waals surface area contributed by atoms with E-state index in [4.69, 9.17) is 9.78 Å². The molecule has 3 rings (SSSR count). The maximum Gasteiger partial charge on any atom is 0.279 e. The topological polar surface area (TPSA) is 94.8 Å². The van der Waals surface area contributed by atoms with Crippen molar-refractivity contribution in [2.75, 3.05) is 13.6 Å². The van der Waals surface area contributed by atoms with E-state index in [0.29, 0.717) is 16.6 Å². The first-order valence-corrected chi connectivity index (χ1v) is 6.81. The molecule has 1 aliphatic rings. The molecule has 23 heavy (non-hydrogen) atoms. The number of ketones is 1. The van der Waals surface area contributed by atoms with Crippen LogP contribution in [0, 0.1) is 10.1 Å². The predicted molar refractivity (Wildman–Crippen MR) is 80.4 cm³/mol. The molecular weight excluding hydrogens is 302 g/mol. The number of likely N-dealkylation sites (N-methyl/N-ethyl adjacent to an activating group) is 1. The molecule has 0 saturated heterocycles. The number of allylic oxidation sites excluding steroid dienone is 1. The minimum Gasteiger partial charge on any atom is -0.367 e. The third-order valence-corrected chi connectivity index (χ3v) is 3.66. The van der Waals surface area contributed by atoms with Crippen molar-refractivity contribution in [1.29, 1.82) is 0 Å². The Hall–Kier alpha value is -3.16. The Bertz CT molecular complexity index is 846. The zero-order valence-corrected chi connectivity index (χ0v) is 12.5. The quantitative estimate of drug-likeness (QED) is 0.485. The van der Waals surface area contributed by atoms with Gasteiger partial charge in [-0.05, 0) is 25.1 Å². The molecule has 2 heterocycles. The molecule has 0 unspecified atom stereocenters. The maximum atomic E-state index is 11.8. The summed E-state index contributed by atoms with van der Waals surface area (Å²) >= 11 is 0. The number of hydrogen-bond donors (Lipinski definition) is 0. The van der Waals surface area contributed by atoms with Crippen LogP contribution in [0.15, 0.2) is 41.9 Å². The van der Waals surface area contributed by atoms with Crippen molar-refractivity contribution in [3.8, 4) is 5.75 Å². The van der Waals surface area contributed by atoms with Crippen LogP contribution in [0.1, 0.15) is 6.92 Å². The molecule has 0 atom stereocenters. The summed E-state index contributed by atoms with van der Waals surface area (Å²) in [4.78, 5) is 38.6. The molecule has 0 fully saturated rings. The predicted octanol–water partition coefficient (Wildman–Crippen LogP) is 2.20. The first kappa shape index (κ1) is 14.8. The largest absolute Gasteiger partial charge is 0.367 e. The van der Waals surface area contributed by atoms with Crippen LogP contribution in [0.2, 0.25) is 0 Å². The molecule has 1 aliphatic heterocycles. The highest BCUT2D eigenvalue weighted by atomic mass is 17.2. The van der Waals surface area contributed by atoms with Gasteiger partial charge in [-0.3, -0.25) is 29.7 Å². The fourth-order valence-electron chi connectivity index (χ4n) is 2.33. The van der Waals surface area contributed by atoms with Gasteiger partial charge in [-0.2, -0.15) is 0 Å². The van der Waals surface area contributed by atoms with Crippen molar-refractivity contribution in [3.63, 3.8) is 0 Å². The number of carbonyl (C=O) groups excluding carboxylic acids is 1. The molecule has 8 nitrogen and oxygen atoms in total. The molecular formula is C15H13N3O5. The summed E-state index contributed by atoms with van der Waals surface area (Å²) in [6.45, 7) is 1.97. The minimum absolute atomic E-state index is 0.0764. The summed E-state index contributed by atoms with van der Waals surface area (Å²) in [5, 5.41) is 11.4. The Balaban J connectivity index is 1.94. The number of rotatable bonds is 4. The van der Waals surface area contributed by atoms with Crippen LogP contribution in [0.3, 0.4) is 0 Å². The average molecular weight is 315 g/mol. The lowest BCUT2D eigenvalue weighted by atomic mass is 10.2. The standard InChI is InChI=1S/C15H13N3O5/c1-9-15(12(19)8-17(9)2)23-22-13-6-5-11(18(20)21)10-4-3-7-16-14(10)13/h3-7H,8H2,1-2H3. The van der Waals surface area contributed by atoms with E-state index in [1.54, 1.807) is 31.0 Å². The van der Waals surface area contributed by atoms with Crippen molar-refractivity contribution in [1.82, 2.24) is 9.88 Å². The van der Waals surface area contributed by atoms with Crippen molar-refractivity contribution < 1.29 is 19.5 Å². The first-order valence-electron chi connectivity index (χ1n) is 6.81. The average Bonchev–Trinajstić information content (AvgIpc) is 2.77. The Morgan fingerprint density at radius 1 is 1.30 bits per heavy atom. The van der Waals surface area contributed by atoms with Gasteiger partial charge in [0.15, 0.2) is 0 Å². The zero-order valence-electron chi connectivity index (χ0n) is 12.5. The van der Waals surface area contributed by atoms with E-state index >= 15 is 0 Å². The smallest absolute Gasteiger partial charge is 0.279 e. The molecule has 0 spiro atoms. The number of non-ortho nitro benzene ring substituents is 1. The monoisotopic (exact) mass is 315 g/mol. The van der Waals surface area contributed by atoms with Crippen LogP contribution in [0.5, 0.6) is 5.75 Å². The first-order chi connectivity index (χ1) is 11.0. The van der Waals surface area contributed by atoms with Crippen LogP contribution < -0.4 is 4.89 Å². The van der Waals surface area contributed by atoms with E-state index in [0.717, 1.165) is 0 Å². The van der Waals surface area contributed by atoms with Crippen LogP contribution in [0.25, 0.3) is 10.9 Å². The molecule has 1 aromatic heterocycles. The number of Topliss-reactive ketones (excluding diaryl/α,β-unsaturated/α-hetero) is 1. The van der Waals surface area contributed by atoms with Gasteiger partial charge in [-0.15, -0.1) is 0 Å². The van der Waals surface area contributed by atoms with Gasteiger partial charge in [-0.1, -0.05) is 0 Å². The van der Waals surface area contributed by atoms with E-state index in [9.17, 15) is 14.9 Å². The second-order valence-corrected chi connectivity index (χ2v) is 5.10. The van der Waals surface area contributed by atoms with Gasteiger partial charge in [0.25, 0.3) is 5.69 Å². The van der Waals surface area contributed by atoms with Gasteiger partial charge in [-0.25, -0.2) is 0 Å². The summed E-state index contributed by atoms with van der Waals surface area (Å²) in [5.41, 5.74) is 0.875. The lowest BCUT2D eigenvalue weighted by molar-refractivity contribution is -0.383. The van der Waals surface area contributed by atoms with E-state index in [2.05, 4.69) is 4.98 Å². The summed E-state index contributed by atoms with van der Waals surface area (Å²) < 4.78 is 0. The third-order valence-electron chi connectivity index (χ3n) is 3.66. The number of nitro groups is 1. The van der Waals surface area contributed by atoms with E-state index in [1.165, 1.54) is 18.3 Å². The van der Waals surface area contributed by atoms with Crippen LogP contribution >= 0.6 is 0 Å². The maximum absolute atomic E-state index is 11.8. The van der Waals surface area contributed by atoms with Crippen molar-refractivity contribution in [2.24, 2.45) is 0 Å². The lowest BCUT2D eigenvalue weighted by Gasteiger charge is -2.10. The number of benzene rings is 1.